The highest BCUT2D eigenvalue weighted by molar-refractivity contribution is 7.89. The maximum Gasteiger partial charge on any atom is 0.269 e. The second-order valence-corrected chi connectivity index (χ2v) is 4.63. The van der Waals surface area contributed by atoms with Crippen LogP contribution < -0.4 is 4.72 Å². The van der Waals surface area contributed by atoms with Crippen LogP contribution >= 0.6 is 0 Å². The molecule has 0 radical (unpaired) electrons. The lowest BCUT2D eigenvalue weighted by molar-refractivity contribution is -0.384. The molecule has 0 amide bonds. The molecule has 0 saturated carbocycles. The highest BCUT2D eigenvalue weighted by atomic mass is 32.2. The van der Waals surface area contributed by atoms with E-state index in [1.807, 2.05) is 0 Å². The van der Waals surface area contributed by atoms with Gasteiger partial charge in [-0.2, -0.15) is 4.72 Å². The van der Waals surface area contributed by atoms with Gasteiger partial charge in [0.25, 0.3) is 5.69 Å². The van der Waals surface area contributed by atoms with Gasteiger partial charge >= 0.3 is 0 Å². The summed E-state index contributed by atoms with van der Waals surface area (Å²) in [6.45, 7) is -1.17. The van der Waals surface area contributed by atoms with Crippen LogP contribution in [0, 0.1) is 10.1 Å². The maximum absolute atomic E-state index is 11.7. The van der Waals surface area contributed by atoms with Crippen LogP contribution in [0.3, 0.4) is 0 Å². The van der Waals surface area contributed by atoms with E-state index in [-0.39, 0.29) is 10.6 Å². The largest absolute Gasteiger partial charge is 0.269 e. The van der Waals surface area contributed by atoms with Crippen LogP contribution in [0.5, 0.6) is 0 Å². The van der Waals surface area contributed by atoms with Crippen molar-refractivity contribution in [3.63, 3.8) is 0 Å². The zero-order valence-corrected chi connectivity index (χ0v) is 9.02. The van der Waals surface area contributed by atoms with Gasteiger partial charge < -0.3 is 0 Å². The molecule has 17 heavy (non-hydrogen) atoms. The molecule has 0 bridgehead atoms. The van der Waals surface area contributed by atoms with E-state index in [1.165, 1.54) is 0 Å². The highest BCUT2D eigenvalue weighted by Crippen LogP contribution is 2.15. The van der Waals surface area contributed by atoms with Crippen molar-refractivity contribution in [2.75, 3.05) is 6.67 Å². The van der Waals surface area contributed by atoms with Crippen LogP contribution in [-0.4, -0.2) is 25.4 Å². The summed E-state index contributed by atoms with van der Waals surface area (Å²) in [6.07, 6.45) is 0. The first-order valence-electron chi connectivity index (χ1n) is 4.16. The quantitative estimate of drug-likeness (QED) is 0.370. The molecule has 0 unspecified atom stereocenters. The zero-order valence-electron chi connectivity index (χ0n) is 8.21. The number of benzene rings is 1. The van der Waals surface area contributed by atoms with E-state index >= 15 is 0 Å². The lowest BCUT2D eigenvalue weighted by Gasteiger charge is -2.05. The molecule has 0 aromatic heterocycles. The summed E-state index contributed by atoms with van der Waals surface area (Å²) in [5, 5.41) is 8.97. The maximum atomic E-state index is 11.7. The average molecular weight is 267 g/mol. The van der Waals surface area contributed by atoms with Gasteiger partial charge in [0.1, 0.15) is 6.67 Å². The number of nitrogens with one attached hydrogen (secondary N) is 1. The monoisotopic (exact) mass is 267 g/mol. The Kier molecular flexibility index (Phi) is 4.04. The summed E-state index contributed by atoms with van der Waals surface area (Å²) in [6, 6.07) is 3.86. The fourth-order valence-electron chi connectivity index (χ4n) is 0.964. The van der Waals surface area contributed by atoms with Gasteiger partial charge in [-0.05, 0) is 12.1 Å². The summed E-state index contributed by atoms with van der Waals surface area (Å²) in [4.78, 5) is 9.28. The number of hydrogen-bond acceptors (Lipinski definition) is 5. The Hall–Kier alpha value is -1.65. The number of nitro groups is 1. The second kappa shape index (κ2) is 5.12. The normalized spacial score (nSPS) is 11.7. The topological polar surface area (TPSA) is 92.5 Å². The lowest BCUT2D eigenvalue weighted by Crippen LogP contribution is -2.29. The lowest BCUT2D eigenvalue weighted by atomic mass is 10.3. The number of nitrogens with zero attached hydrogens (tertiary/aromatic N) is 2. The molecule has 1 aromatic rings. The van der Waals surface area contributed by atoms with Gasteiger partial charge in [0.2, 0.25) is 10.0 Å². The number of sulfonamides is 1. The van der Waals surface area contributed by atoms with E-state index in [9.17, 15) is 27.5 Å². The van der Waals surface area contributed by atoms with E-state index in [2.05, 4.69) is 0 Å². The third-order valence-corrected chi connectivity index (χ3v) is 3.13. The Morgan fingerprint density at radius 1 is 1.29 bits per heavy atom. The van der Waals surface area contributed by atoms with E-state index in [4.69, 9.17) is 0 Å². The number of hydrogen-bond donors (Lipinski definition) is 1. The molecule has 94 valence electrons. The SMILES string of the molecule is O=[N+]([O-])c1ccc(S(=O)(=O)NCN(F)F)cc1. The number of halogens is 2. The molecule has 0 saturated heterocycles. The molecule has 0 heterocycles. The molecule has 10 heteroatoms. The Morgan fingerprint density at radius 2 is 1.82 bits per heavy atom. The van der Waals surface area contributed by atoms with Gasteiger partial charge in [-0.25, -0.2) is 8.42 Å². The summed E-state index contributed by atoms with van der Waals surface area (Å²) < 4.78 is 47.7. The summed E-state index contributed by atoms with van der Waals surface area (Å²) >= 11 is 0. The van der Waals surface area contributed by atoms with Crippen molar-refractivity contribution in [1.82, 2.24) is 10.1 Å². The van der Waals surface area contributed by atoms with Crippen LogP contribution in [0.1, 0.15) is 0 Å². The number of rotatable bonds is 5. The summed E-state index contributed by atoms with van der Waals surface area (Å²) in [5.41, 5.74) is -0.290. The van der Waals surface area contributed by atoms with Crippen LogP contribution in [0.4, 0.5) is 14.6 Å². The predicted octanol–water partition coefficient (Wildman–Crippen LogP) is 0.902. The first-order chi connectivity index (χ1) is 7.83. The Morgan fingerprint density at radius 3 is 2.24 bits per heavy atom. The minimum Gasteiger partial charge on any atom is -0.258 e. The minimum absolute atomic E-state index is 0.290. The van der Waals surface area contributed by atoms with Gasteiger partial charge in [-0.3, -0.25) is 10.1 Å². The highest BCUT2D eigenvalue weighted by Gasteiger charge is 2.16. The van der Waals surface area contributed by atoms with Gasteiger partial charge in [0.05, 0.1) is 9.82 Å². The van der Waals surface area contributed by atoms with Crippen molar-refractivity contribution in [2.24, 2.45) is 0 Å². The van der Waals surface area contributed by atoms with Gasteiger partial charge in [0, 0.05) is 17.5 Å². The van der Waals surface area contributed by atoms with Crippen LogP contribution in [0.25, 0.3) is 0 Å². The van der Waals surface area contributed by atoms with Crippen LogP contribution in [0.2, 0.25) is 0 Å². The molecule has 0 atom stereocenters. The second-order valence-electron chi connectivity index (χ2n) is 2.86. The Balaban J connectivity index is 2.89. The van der Waals surface area contributed by atoms with Crippen molar-refractivity contribution in [1.29, 1.82) is 0 Å². The fourth-order valence-corrected chi connectivity index (χ4v) is 1.89. The van der Waals surface area contributed by atoms with E-state index < -0.39 is 27.0 Å². The van der Waals surface area contributed by atoms with Gasteiger partial charge in [-0.1, -0.05) is 0 Å². The summed E-state index contributed by atoms with van der Waals surface area (Å²) in [5.74, 6) is 0. The van der Waals surface area contributed by atoms with Gasteiger partial charge in [-0.15, -0.1) is 8.96 Å². The molecule has 1 rings (SSSR count). The third kappa shape index (κ3) is 3.69. The summed E-state index contributed by atoms with van der Waals surface area (Å²) in [7, 11) is -4.09. The smallest absolute Gasteiger partial charge is 0.258 e. The van der Waals surface area contributed by atoms with Crippen LogP contribution in [0.15, 0.2) is 29.2 Å². The first-order valence-corrected chi connectivity index (χ1v) is 5.64. The van der Waals surface area contributed by atoms with Crippen molar-refractivity contribution < 1.29 is 22.3 Å². The number of non-ortho nitro benzene ring substituents is 1. The predicted molar refractivity (Wildman–Crippen MR) is 52.3 cm³/mol. The van der Waals surface area contributed by atoms with E-state index in [1.54, 1.807) is 4.72 Å². The third-order valence-electron chi connectivity index (χ3n) is 1.73. The first kappa shape index (κ1) is 13.4. The molecular weight excluding hydrogens is 260 g/mol. The minimum atomic E-state index is -4.09. The fraction of sp³-hybridized carbons (Fsp3) is 0.143. The number of nitro benzene ring substituents is 1. The molecule has 0 spiro atoms. The van der Waals surface area contributed by atoms with Crippen molar-refractivity contribution in [3.05, 3.63) is 34.4 Å². The zero-order chi connectivity index (χ0) is 13.1. The van der Waals surface area contributed by atoms with E-state index in [0.29, 0.717) is 0 Å². The Bertz CT molecular complexity index is 502. The standard InChI is InChI=1S/C7H7F2N3O4S/c8-11(9)5-10-17(15,16)7-3-1-6(2-4-7)12(13)14/h1-4,10H,5H2. The van der Waals surface area contributed by atoms with Crippen molar-refractivity contribution in [2.45, 2.75) is 4.90 Å². The molecule has 0 aliphatic heterocycles. The van der Waals surface area contributed by atoms with Crippen molar-refractivity contribution in [3.8, 4) is 0 Å². The molecule has 7 nitrogen and oxygen atoms in total. The molecule has 1 aromatic carbocycles. The molecule has 0 fully saturated rings. The molecular formula is C7H7F2N3O4S. The van der Waals surface area contributed by atoms with E-state index in [0.717, 1.165) is 24.3 Å². The molecule has 1 N–H and O–H groups in total. The average Bonchev–Trinajstić information content (AvgIpc) is 2.27. The molecule has 0 aliphatic rings. The Labute approximate surface area is 94.7 Å². The molecule has 0 aliphatic carbocycles. The van der Waals surface area contributed by atoms with Gasteiger partial charge in [0.15, 0.2) is 0 Å². The van der Waals surface area contributed by atoms with Crippen LogP contribution in [-0.2, 0) is 10.0 Å². The van der Waals surface area contributed by atoms with Crippen molar-refractivity contribution >= 4 is 15.7 Å².